The quantitative estimate of drug-likeness (QED) is 0.426. The van der Waals surface area contributed by atoms with E-state index in [-0.39, 0.29) is 13.2 Å². The van der Waals surface area contributed by atoms with Crippen molar-refractivity contribution in [2.45, 2.75) is 6.92 Å². The van der Waals surface area contributed by atoms with Crippen molar-refractivity contribution in [2.24, 2.45) is 0 Å². The van der Waals surface area contributed by atoms with Gasteiger partial charge in [-0.3, -0.25) is 4.79 Å². The van der Waals surface area contributed by atoms with Crippen LogP contribution in [0.1, 0.15) is 12.5 Å². The lowest BCUT2D eigenvalue weighted by Crippen LogP contribution is -2.12. The van der Waals surface area contributed by atoms with Crippen LogP contribution in [0.5, 0.6) is 5.75 Å². The van der Waals surface area contributed by atoms with Crippen LogP contribution in [0.15, 0.2) is 36.4 Å². The first-order valence-electron chi connectivity index (χ1n) is 5.07. The van der Waals surface area contributed by atoms with Gasteiger partial charge in [-0.1, -0.05) is 6.58 Å². The molecule has 4 heteroatoms. The van der Waals surface area contributed by atoms with Crippen molar-refractivity contribution in [3.05, 3.63) is 42.0 Å². The van der Waals surface area contributed by atoms with E-state index in [2.05, 4.69) is 6.58 Å². The highest BCUT2D eigenvalue weighted by Crippen LogP contribution is 2.10. The molecule has 1 aromatic rings. The number of esters is 1. The molecule has 0 aliphatic heterocycles. The van der Waals surface area contributed by atoms with Crippen molar-refractivity contribution in [1.29, 1.82) is 0 Å². The summed E-state index contributed by atoms with van der Waals surface area (Å²) in [4.78, 5) is 21.3. The minimum Gasteiger partial charge on any atom is -0.490 e. The van der Waals surface area contributed by atoms with Gasteiger partial charge in [0.15, 0.2) is 0 Å². The maximum absolute atomic E-state index is 11.0. The van der Waals surface area contributed by atoms with E-state index in [0.717, 1.165) is 0 Å². The van der Waals surface area contributed by atoms with E-state index in [1.165, 1.54) is 0 Å². The summed E-state index contributed by atoms with van der Waals surface area (Å²) in [6, 6.07) is 6.51. The molecule has 1 radical (unpaired) electrons. The molecule has 4 nitrogen and oxygen atoms in total. The number of benzene rings is 1. The highest BCUT2D eigenvalue weighted by atomic mass is 16.6. The molecule has 1 rings (SSSR count). The van der Waals surface area contributed by atoms with Gasteiger partial charge >= 0.3 is 5.97 Å². The zero-order valence-electron chi connectivity index (χ0n) is 9.56. The minimum atomic E-state index is -0.431. The molecule has 0 heterocycles. The van der Waals surface area contributed by atoms with Crippen LogP contribution in [0.3, 0.4) is 0 Å². The van der Waals surface area contributed by atoms with Crippen LogP contribution < -0.4 is 4.74 Å². The normalized spacial score (nSPS) is 9.47. The predicted octanol–water partition coefficient (Wildman–Crippen LogP) is 1.64. The molecule has 0 saturated heterocycles. The van der Waals surface area contributed by atoms with Gasteiger partial charge in [0.2, 0.25) is 6.29 Å². The molecule has 0 aliphatic rings. The lowest BCUT2D eigenvalue weighted by Gasteiger charge is -2.07. The van der Waals surface area contributed by atoms with Gasteiger partial charge in [-0.15, -0.1) is 0 Å². The number of ether oxygens (including phenoxy) is 2. The third-order valence-corrected chi connectivity index (χ3v) is 1.91. The summed E-state index contributed by atoms with van der Waals surface area (Å²) in [7, 11) is 0. The maximum atomic E-state index is 11.0. The molecule has 0 atom stereocenters. The number of carbonyl (C=O) groups is 1. The number of carbonyl (C=O) groups excluding carboxylic acids is 2. The lowest BCUT2D eigenvalue weighted by molar-refractivity contribution is -0.139. The second-order valence-electron chi connectivity index (χ2n) is 3.39. The Balaban J connectivity index is 2.28. The summed E-state index contributed by atoms with van der Waals surface area (Å²) in [6.07, 6.45) is 1.76. The monoisotopic (exact) mass is 233 g/mol. The first kappa shape index (κ1) is 13.0. The second-order valence-corrected chi connectivity index (χ2v) is 3.39. The topological polar surface area (TPSA) is 52.6 Å². The second kappa shape index (κ2) is 6.48. The van der Waals surface area contributed by atoms with Gasteiger partial charge in [-0.2, -0.15) is 0 Å². The van der Waals surface area contributed by atoms with E-state index in [1.54, 1.807) is 37.5 Å². The van der Waals surface area contributed by atoms with Crippen LogP contribution >= 0.6 is 0 Å². The molecule has 0 bridgehead atoms. The summed E-state index contributed by atoms with van der Waals surface area (Å²) < 4.78 is 10.1. The van der Waals surface area contributed by atoms with Crippen LogP contribution in [-0.2, 0) is 14.3 Å². The molecule has 0 aromatic heterocycles. The molecule has 0 N–H and O–H groups in total. The Bertz CT molecular complexity index is 406. The number of hydrogen-bond donors (Lipinski definition) is 0. The molecule has 0 fully saturated rings. The van der Waals surface area contributed by atoms with E-state index in [9.17, 15) is 9.59 Å². The Labute approximate surface area is 99.8 Å². The van der Waals surface area contributed by atoms with Crippen molar-refractivity contribution >= 4 is 12.3 Å². The van der Waals surface area contributed by atoms with Crippen molar-refractivity contribution in [2.75, 3.05) is 13.2 Å². The van der Waals surface area contributed by atoms with Crippen molar-refractivity contribution in [3.63, 3.8) is 0 Å². The molecule has 0 aliphatic carbocycles. The smallest absolute Gasteiger partial charge is 0.333 e. The Morgan fingerprint density at radius 3 is 2.47 bits per heavy atom. The molecular weight excluding hydrogens is 220 g/mol. The third kappa shape index (κ3) is 4.51. The Kier molecular flexibility index (Phi) is 4.94. The van der Waals surface area contributed by atoms with E-state index in [4.69, 9.17) is 9.47 Å². The van der Waals surface area contributed by atoms with Crippen LogP contribution in [0.25, 0.3) is 0 Å². The first-order chi connectivity index (χ1) is 8.13. The average Bonchev–Trinajstić information content (AvgIpc) is 2.35. The van der Waals surface area contributed by atoms with Gasteiger partial charge in [0.05, 0.1) is 0 Å². The zero-order valence-corrected chi connectivity index (χ0v) is 9.56. The summed E-state index contributed by atoms with van der Waals surface area (Å²) >= 11 is 0. The molecule has 1 aromatic carbocycles. The van der Waals surface area contributed by atoms with Crippen LogP contribution in [0.4, 0.5) is 0 Å². The highest BCUT2D eigenvalue weighted by Gasteiger charge is 2.02. The summed E-state index contributed by atoms with van der Waals surface area (Å²) in [5.74, 6) is 0.176. The Hall–Kier alpha value is -2.10. The minimum absolute atomic E-state index is 0.160. The van der Waals surface area contributed by atoms with Gasteiger partial charge in [0.1, 0.15) is 19.0 Å². The highest BCUT2D eigenvalue weighted by molar-refractivity contribution is 5.86. The van der Waals surface area contributed by atoms with E-state index >= 15 is 0 Å². The zero-order chi connectivity index (χ0) is 12.7. The molecule has 17 heavy (non-hydrogen) atoms. The molecule has 0 saturated carbocycles. The summed E-state index contributed by atoms with van der Waals surface area (Å²) in [5, 5.41) is 0. The fourth-order valence-corrected chi connectivity index (χ4v) is 1.04. The van der Waals surface area contributed by atoms with E-state index < -0.39 is 5.97 Å². The van der Waals surface area contributed by atoms with Crippen molar-refractivity contribution in [1.82, 2.24) is 0 Å². The fraction of sp³-hybridized carbons (Fsp3) is 0.231. The molecule has 0 spiro atoms. The fourth-order valence-electron chi connectivity index (χ4n) is 1.04. The Morgan fingerprint density at radius 2 is 1.94 bits per heavy atom. The van der Waals surface area contributed by atoms with Gasteiger partial charge in [-0.05, 0) is 31.2 Å². The maximum Gasteiger partial charge on any atom is 0.333 e. The van der Waals surface area contributed by atoms with Crippen LogP contribution in [0, 0.1) is 0 Å². The summed E-state index contributed by atoms with van der Waals surface area (Å²) in [5.41, 5.74) is 0.821. The van der Waals surface area contributed by atoms with Gasteiger partial charge < -0.3 is 9.47 Å². The Morgan fingerprint density at radius 1 is 1.29 bits per heavy atom. The standard InChI is InChI=1S/C13H13O4/c1-10(2)13(15)17-8-7-16-12-5-3-11(9-14)4-6-12/h3-6H,1,7-8H2,2H3. The van der Waals surface area contributed by atoms with Crippen LogP contribution in [0.2, 0.25) is 0 Å². The predicted molar refractivity (Wildman–Crippen MR) is 62.5 cm³/mol. The van der Waals surface area contributed by atoms with Gasteiger partial charge in [0, 0.05) is 11.1 Å². The summed E-state index contributed by atoms with van der Waals surface area (Å²) in [6.45, 7) is 5.45. The molecule has 0 unspecified atom stereocenters. The number of rotatable bonds is 6. The SMILES string of the molecule is C=C(C)C(=O)OCCOc1ccc([C]=O)cc1. The largest absolute Gasteiger partial charge is 0.490 e. The van der Waals surface area contributed by atoms with Crippen LogP contribution in [-0.4, -0.2) is 25.5 Å². The van der Waals surface area contributed by atoms with E-state index in [0.29, 0.717) is 16.9 Å². The molecule has 89 valence electrons. The van der Waals surface area contributed by atoms with Crippen molar-refractivity contribution in [3.8, 4) is 5.75 Å². The van der Waals surface area contributed by atoms with E-state index in [1.807, 2.05) is 0 Å². The average molecular weight is 233 g/mol. The first-order valence-corrected chi connectivity index (χ1v) is 5.07. The lowest BCUT2D eigenvalue weighted by atomic mass is 10.2. The van der Waals surface area contributed by atoms with Gasteiger partial charge in [0.25, 0.3) is 0 Å². The molecular formula is C13H13O4. The number of hydrogen-bond acceptors (Lipinski definition) is 4. The third-order valence-electron chi connectivity index (χ3n) is 1.91. The van der Waals surface area contributed by atoms with Gasteiger partial charge in [-0.25, -0.2) is 4.79 Å². The molecule has 0 amide bonds. The van der Waals surface area contributed by atoms with Crippen molar-refractivity contribution < 1.29 is 19.1 Å².